The van der Waals surface area contributed by atoms with Gasteiger partial charge in [-0.2, -0.15) is 4.98 Å². The molecule has 190 valence electrons. The number of thiocarbonyl (C=S) groups is 1. The third-order valence-corrected chi connectivity index (χ3v) is 7.31. The van der Waals surface area contributed by atoms with Gasteiger partial charge in [-0.05, 0) is 48.0 Å². The van der Waals surface area contributed by atoms with Crippen molar-refractivity contribution in [3.8, 4) is 28.9 Å². The summed E-state index contributed by atoms with van der Waals surface area (Å²) in [7, 11) is 1.53. The van der Waals surface area contributed by atoms with Gasteiger partial charge in [0.2, 0.25) is 12.7 Å². The smallest absolute Gasteiger partial charge is 0.269 e. The minimum Gasteiger partial charge on any atom is -0.493 e. The predicted octanol–water partition coefficient (Wildman–Crippen LogP) is 4.63. The summed E-state index contributed by atoms with van der Waals surface area (Å²) >= 11 is 6.63. The van der Waals surface area contributed by atoms with E-state index >= 15 is 0 Å². The molecule has 6 rings (SSSR count). The van der Waals surface area contributed by atoms with Crippen LogP contribution in [0.1, 0.15) is 11.1 Å². The van der Waals surface area contributed by atoms with E-state index < -0.39 is 0 Å². The van der Waals surface area contributed by atoms with E-state index in [2.05, 4.69) is 4.98 Å². The first-order valence-corrected chi connectivity index (χ1v) is 12.7. The van der Waals surface area contributed by atoms with Crippen molar-refractivity contribution in [2.75, 3.05) is 13.9 Å². The lowest BCUT2D eigenvalue weighted by molar-refractivity contribution is -0.122. The Balaban J connectivity index is 1.38. The molecule has 1 saturated heterocycles. The molecule has 0 bridgehead atoms. The third kappa shape index (κ3) is 4.35. The van der Waals surface area contributed by atoms with Crippen LogP contribution in [0.25, 0.3) is 11.7 Å². The first-order chi connectivity index (χ1) is 18.5. The summed E-state index contributed by atoms with van der Waals surface area (Å²) in [5, 5.41) is 0. The number of thioether (sulfide) groups is 1. The van der Waals surface area contributed by atoms with Crippen LogP contribution in [0.4, 0.5) is 0 Å². The van der Waals surface area contributed by atoms with Crippen molar-refractivity contribution in [2.24, 2.45) is 0 Å². The summed E-state index contributed by atoms with van der Waals surface area (Å²) in [5.74, 6) is 1.86. The molecule has 1 fully saturated rings. The molecule has 0 N–H and O–H groups in total. The average molecular weight is 546 g/mol. The summed E-state index contributed by atoms with van der Waals surface area (Å²) in [6.07, 6.45) is 3.10. The number of amides is 1. The average Bonchev–Trinajstić information content (AvgIpc) is 3.50. The van der Waals surface area contributed by atoms with Crippen LogP contribution >= 0.6 is 24.0 Å². The lowest BCUT2D eigenvalue weighted by atomic mass is 10.2. The number of methoxy groups -OCH3 is 1. The van der Waals surface area contributed by atoms with E-state index in [1.807, 2.05) is 12.1 Å². The molecular weight excluding hydrogens is 526 g/mol. The Hall–Kier alpha value is -4.35. The van der Waals surface area contributed by atoms with E-state index in [1.165, 1.54) is 22.5 Å². The number of benzene rings is 2. The standard InChI is InChI=1S/C27H19N3O6S2/c1-33-18-6-2-3-7-20(18)36-24-17(25(31)29-11-5-4-8-23(29)28-24)13-22-26(32)30(27(37)38-22)14-16-9-10-19-21(12-16)35-15-34-19/h2-13H,14-15H2,1H3/b22-13+. The molecule has 0 unspecified atom stereocenters. The van der Waals surface area contributed by atoms with E-state index in [-0.39, 0.29) is 41.2 Å². The number of nitrogens with zero attached hydrogens (tertiary/aromatic N) is 3. The van der Waals surface area contributed by atoms with Gasteiger partial charge in [0.1, 0.15) is 15.5 Å². The van der Waals surface area contributed by atoms with Gasteiger partial charge in [0.25, 0.3) is 11.5 Å². The Labute approximate surface area is 226 Å². The maximum Gasteiger partial charge on any atom is 0.269 e. The summed E-state index contributed by atoms with van der Waals surface area (Å²) in [4.78, 5) is 33.3. The molecule has 4 heterocycles. The molecule has 4 aromatic rings. The van der Waals surface area contributed by atoms with Crippen LogP contribution in [0.5, 0.6) is 28.9 Å². The second-order valence-corrected chi connectivity index (χ2v) is 9.95. The molecule has 38 heavy (non-hydrogen) atoms. The van der Waals surface area contributed by atoms with Gasteiger partial charge in [-0.25, -0.2) is 0 Å². The van der Waals surface area contributed by atoms with Crippen LogP contribution in [0, 0.1) is 0 Å². The van der Waals surface area contributed by atoms with Gasteiger partial charge in [0.15, 0.2) is 23.0 Å². The molecule has 1 amide bonds. The Bertz CT molecular complexity index is 1700. The van der Waals surface area contributed by atoms with Crippen LogP contribution in [0.3, 0.4) is 0 Å². The maximum absolute atomic E-state index is 13.5. The van der Waals surface area contributed by atoms with Crippen molar-refractivity contribution < 1.29 is 23.7 Å². The molecular formula is C27H19N3O6S2. The molecule has 2 aromatic heterocycles. The summed E-state index contributed by atoms with van der Waals surface area (Å²) in [5.41, 5.74) is 0.957. The SMILES string of the molecule is COc1ccccc1Oc1nc2ccccn2c(=O)c1/C=C1/SC(=S)N(Cc2ccc3c(c2)OCO3)C1=O. The second kappa shape index (κ2) is 9.84. The number of aromatic nitrogens is 2. The van der Waals surface area contributed by atoms with Crippen molar-refractivity contribution in [1.29, 1.82) is 0 Å². The monoisotopic (exact) mass is 545 g/mol. The fraction of sp³-hybridized carbons (Fsp3) is 0.111. The van der Waals surface area contributed by atoms with Crippen molar-refractivity contribution in [1.82, 2.24) is 14.3 Å². The molecule has 0 atom stereocenters. The minimum absolute atomic E-state index is 0.0479. The van der Waals surface area contributed by atoms with Crippen LogP contribution in [0.2, 0.25) is 0 Å². The van der Waals surface area contributed by atoms with Crippen LogP contribution in [0.15, 0.2) is 76.6 Å². The Morgan fingerprint density at radius 2 is 1.84 bits per heavy atom. The number of pyridine rings is 1. The van der Waals surface area contributed by atoms with Gasteiger partial charge >= 0.3 is 0 Å². The quantitative estimate of drug-likeness (QED) is 0.254. The molecule has 2 aromatic carbocycles. The Kier molecular flexibility index (Phi) is 6.22. The van der Waals surface area contributed by atoms with Crippen LogP contribution in [-0.4, -0.2) is 38.4 Å². The number of rotatable bonds is 6. The number of carbonyl (C=O) groups is 1. The van der Waals surface area contributed by atoms with Crippen molar-refractivity contribution in [3.05, 3.63) is 93.2 Å². The lowest BCUT2D eigenvalue weighted by Crippen LogP contribution is -2.27. The van der Waals surface area contributed by atoms with Gasteiger partial charge in [-0.3, -0.25) is 18.9 Å². The topological polar surface area (TPSA) is 91.6 Å². The molecule has 0 spiro atoms. The zero-order valence-electron chi connectivity index (χ0n) is 20.0. The number of hydrogen-bond donors (Lipinski definition) is 0. The van der Waals surface area contributed by atoms with E-state index in [1.54, 1.807) is 54.7 Å². The molecule has 11 heteroatoms. The molecule has 0 aliphatic carbocycles. The van der Waals surface area contributed by atoms with Crippen LogP contribution < -0.4 is 24.5 Å². The minimum atomic E-state index is -0.387. The number of ether oxygens (including phenoxy) is 4. The molecule has 2 aliphatic heterocycles. The molecule has 0 radical (unpaired) electrons. The van der Waals surface area contributed by atoms with E-state index in [9.17, 15) is 9.59 Å². The largest absolute Gasteiger partial charge is 0.493 e. The zero-order valence-corrected chi connectivity index (χ0v) is 21.6. The Morgan fingerprint density at radius 1 is 1.05 bits per heavy atom. The highest BCUT2D eigenvalue weighted by molar-refractivity contribution is 8.26. The second-order valence-electron chi connectivity index (χ2n) is 8.27. The van der Waals surface area contributed by atoms with Gasteiger partial charge in [0, 0.05) is 6.20 Å². The Morgan fingerprint density at radius 3 is 2.68 bits per heavy atom. The fourth-order valence-corrected chi connectivity index (χ4v) is 5.32. The highest BCUT2D eigenvalue weighted by Crippen LogP contribution is 2.38. The molecule has 2 aliphatic rings. The third-order valence-electron chi connectivity index (χ3n) is 5.94. The van der Waals surface area contributed by atoms with Crippen LogP contribution in [-0.2, 0) is 11.3 Å². The number of carbonyl (C=O) groups excluding carboxylic acids is 1. The zero-order chi connectivity index (χ0) is 26.2. The van der Waals surface area contributed by atoms with E-state index in [0.29, 0.717) is 33.0 Å². The van der Waals surface area contributed by atoms with E-state index in [4.69, 9.17) is 31.2 Å². The van der Waals surface area contributed by atoms with Gasteiger partial charge < -0.3 is 18.9 Å². The lowest BCUT2D eigenvalue weighted by Gasteiger charge is -2.15. The molecule has 0 saturated carbocycles. The molecule has 9 nitrogen and oxygen atoms in total. The summed E-state index contributed by atoms with van der Waals surface area (Å²) < 4.78 is 24.0. The number of fused-ring (bicyclic) bond motifs is 2. The van der Waals surface area contributed by atoms with Gasteiger partial charge in [-0.15, -0.1) is 0 Å². The van der Waals surface area contributed by atoms with Gasteiger partial charge in [-0.1, -0.05) is 48.2 Å². The number of para-hydroxylation sites is 2. The first kappa shape index (κ1) is 24.0. The number of hydrogen-bond acceptors (Lipinski definition) is 9. The summed E-state index contributed by atoms with van der Waals surface area (Å²) in [6, 6.07) is 17.7. The van der Waals surface area contributed by atoms with Gasteiger partial charge in [0.05, 0.1) is 18.6 Å². The first-order valence-electron chi connectivity index (χ1n) is 11.5. The summed E-state index contributed by atoms with van der Waals surface area (Å²) in [6.45, 7) is 0.412. The van der Waals surface area contributed by atoms with E-state index in [0.717, 1.165) is 17.3 Å². The van der Waals surface area contributed by atoms with Crippen molar-refractivity contribution in [2.45, 2.75) is 6.54 Å². The predicted molar refractivity (Wildman–Crippen MR) is 146 cm³/mol. The highest BCUT2D eigenvalue weighted by Gasteiger charge is 2.33. The highest BCUT2D eigenvalue weighted by atomic mass is 32.2. The maximum atomic E-state index is 13.5. The van der Waals surface area contributed by atoms with Crippen molar-refractivity contribution in [3.63, 3.8) is 0 Å². The van der Waals surface area contributed by atoms with Crippen molar-refractivity contribution >= 4 is 45.9 Å². The fourth-order valence-electron chi connectivity index (χ4n) is 4.08. The normalized spacial score (nSPS) is 15.5.